The summed E-state index contributed by atoms with van der Waals surface area (Å²) in [5.74, 6) is 0.849. The lowest BCUT2D eigenvalue weighted by molar-refractivity contribution is -0.120. The van der Waals surface area contributed by atoms with Gasteiger partial charge in [-0.1, -0.05) is 49.1 Å². The van der Waals surface area contributed by atoms with Crippen LogP contribution in [-0.4, -0.2) is 47.8 Å². The van der Waals surface area contributed by atoms with Crippen LogP contribution in [0.1, 0.15) is 50.8 Å². The van der Waals surface area contributed by atoms with Gasteiger partial charge in [0.15, 0.2) is 0 Å². The second-order valence-corrected chi connectivity index (χ2v) is 12.1. The molecule has 0 saturated heterocycles. The Bertz CT molecular complexity index is 1490. The van der Waals surface area contributed by atoms with Gasteiger partial charge in [-0.2, -0.15) is 5.11 Å². The van der Waals surface area contributed by atoms with Crippen LogP contribution in [0.2, 0.25) is 0 Å². The first-order valence-corrected chi connectivity index (χ1v) is 15.9. The molecule has 0 aliphatic carbocycles. The summed E-state index contributed by atoms with van der Waals surface area (Å²) in [5.41, 5.74) is 1.52. The number of benzene rings is 3. The Morgan fingerprint density at radius 1 is 1.07 bits per heavy atom. The number of alkyl carbamates (subject to hydrolysis) is 1. The average molecular weight is 636 g/mol. The van der Waals surface area contributed by atoms with Crippen molar-refractivity contribution in [2.45, 2.75) is 59.2 Å². The molecule has 0 spiro atoms. The maximum absolute atomic E-state index is 15.4. The van der Waals surface area contributed by atoms with E-state index in [4.69, 9.17) is 9.47 Å². The molecule has 0 aromatic heterocycles. The zero-order valence-electron chi connectivity index (χ0n) is 27.0. The number of para-hydroxylation sites is 1. The third-order valence-electron chi connectivity index (χ3n) is 6.55. The maximum Gasteiger partial charge on any atom is 0.408 e. The van der Waals surface area contributed by atoms with Crippen molar-refractivity contribution in [2.75, 3.05) is 24.1 Å². The van der Waals surface area contributed by atoms with E-state index in [9.17, 15) is 9.59 Å². The third kappa shape index (κ3) is 10.1. The van der Waals surface area contributed by atoms with Crippen molar-refractivity contribution in [1.82, 2.24) is 10.3 Å². The number of ether oxygens (including phenoxy) is 2. The van der Waals surface area contributed by atoms with Gasteiger partial charge in [-0.15, -0.1) is 11.8 Å². The first-order chi connectivity index (χ1) is 21.4. The van der Waals surface area contributed by atoms with Crippen molar-refractivity contribution in [3.63, 3.8) is 0 Å². The van der Waals surface area contributed by atoms with Gasteiger partial charge in [0.2, 0.25) is 5.91 Å². The molecule has 0 unspecified atom stereocenters. The van der Waals surface area contributed by atoms with Gasteiger partial charge in [-0.3, -0.25) is 4.79 Å². The Kier molecular flexibility index (Phi) is 12.5. The highest BCUT2D eigenvalue weighted by atomic mass is 32.2. The van der Waals surface area contributed by atoms with E-state index in [0.717, 1.165) is 5.56 Å². The van der Waals surface area contributed by atoms with Crippen molar-refractivity contribution in [1.29, 1.82) is 0 Å². The van der Waals surface area contributed by atoms with E-state index in [-0.39, 0.29) is 18.0 Å². The molecule has 2 amide bonds. The summed E-state index contributed by atoms with van der Waals surface area (Å²) in [6.07, 6.45) is 1.49. The predicted molar refractivity (Wildman–Crippen MR) is 179 cm³/mol. The summed E-state index contributed by atoms with van der Waals surface area (Å²) in [4.78, 5) is 28.4. The van der Waals surface area contributed by atoms with Crippen molar-refractivity contribution >= 4 is 35.1 Å². The zero-order chi connectivity index (χ0) is 33.1. The number of hydrogen-bond acceptors (Lipinski definition) is 7. The molecule has 1 N–H and O–H groups in total. The van der Waals surface area contributed by atoms with Crippen molar-refractivity contribution in [3.05, 3.63) is 95.8 Å². The summed E-state index contributed by atoms with van der Waals surface area (Å²) in [7, 11) is 1.52. The van der Waals surface area contributed by atoms with Crippen LogP contribution in [0.15, 0.2) is 83.6 Å². The van der Waals surface area contributed by atoms with E-state index in [1.807, 2.05) is 60.9 Å². The fourth-order valence-electron chi connectivity index (χ4n) is 4.43. The molecule has 0 bridgehead atoms. The van der Waals surface area contributed by atoms with Crippen LogP contribution >= 0.6 is 11.8 Å². The van der Waals surface area contributed by atoms with Crippen LogP contribution in [0.25, 0.3) is 5.70 Å². The standard InChI is InChI=1S/C34H42FN5O4S/c1-9-30(37-33(42)44-34(4,5)6)32(41)39(21-25-15-17-27(18-16-25)43-26-13-11-10-12-14-26)31-20-28(29(35)19-23(31)2)24(3)40(22-45-8)38-36-7/h10-20,30H,3,9,21-22H2,1-2,4-8H3,(H,37,42)/t30-/m0/s1. The Morgan fingerprint density at radius 3 is 2.29 bits per heavy atom. The van der Waals surface area contributed by atoms with Crippen LogP contribution in [0.3, 0.4) is 0 Å². The largest absolute Gasteiger partial charge is 0.457 e. The molecule has 11 heteroatoms. The molecule has 240 valence electrons. The lowest BCUT2D eigenvalue weighted by atomic mass is 10.0. The highest BCUT2D eigenvalue weighted by Gasteiger charge is 2.30. The Hall–Kier alpha value is -4.38. The monoisotopic (exact) mass is 635 g/mol. The number of carbonyl (C=O) groups excluding carboxylic acids is 2. The van der Waals surface area contributed by atoms with Gasteiger partial charge in [0.05, 0.1) is 25.2 Å². The fraction of sp³-hybridized carbons (Fsp3) is 0.353. The van der Waals surface area contributed by atoms with Crippen LogP contribution in [0, 0.1) is 12.7 Å². The topological polar surface area (TPSA) is 95.8 Å². The molecule has 0 aliphatic rings. The Balaban J connectivity index is 2.03. The lowest BCUT2D eigenvalue weighted by Gasteiger charge is -2.30. The number of carbonyl (C=O) groups is 2. The minimum absolute atomic E-state index is 0.137. The minimum Gasteiger partial charge on any atom is -0.457 e. The summed E-state index contributed by atoms with van der Waals surface area (Å²) < 4.78 is 26.8. The molecule has 3 rings (SSSR count). The molecular formula is C34H42FN5O4S. The molecule has 0 radical (unpaired) electrons. The number of halogens is 1. The van der Waals surface area contributed by atoms with E-state index < -0.39 is 23.6 Å². The summed E-state index contributed by atoms with van der Waals surface area (Å²) in [5, 5.41) is 12.1. The van der Waals surface area contributed by atoms with Gasteiger partial charge >= 0.3 is 6.09 Å². The number of amides is 2. The first-order valence-electron chi connectivity index (χ1n) is 14.5. The number of nitrogens with one attached hydrogen (secondary N) is 1. The molecule has 0 fully saturated rings. The predicted octanol–water partition coefficient (Wildman–Crippen LogP) is 8.35. The highest BCUT2D eigenvalue weighted by Crippen LogP contribution is 2.32. The van der Waals surface area contributed by atoms with Gasteiger partial charge in [0, 0.05) is 11.3 Å². The summed E-state index contributed by atoms with van der Waals surface area (Å²) >= 11 is 1.48. The number of aryl methyl sites for hydroxylation is 1. The van der Waals surface area contributed by atoms with Crippen molar-refractivity contribution in [2.24, 2.45) is 10.3 Å². The second-order valence-electron chi connectivity index (χ2n) is 11.3. The van der Waals surface area contributed by atoms with Gasteiger partial charge in [-0.05, 0) is 87.9 Å². The molecule has 3 aromatic carbocycles. The van der Waals surface area contributed by atoms with Crippen LogP contribution < -0.4 is 15.0 Å². The molecule has 0 aliphatic heterocycles. The van der Waals surface area contributed by atoms with Gasteiger partial charge in [-0.25, -0.2) is 14.2 Å². The average Bonchev–Trinajstić information content (AvgIpc) is 2.99. The molecule has 45 heavy (non-hydrogen) atoms. The van der Waals surface area contributed by atoms with Gasteiger partial charge in [0.25, 0.3) is 0 Å². The van der Waals surface area contributed by atoms with Crippen molar-refractivity contribution in [3.8, 4) is 11.5 Å². The van der Waals surface area contributed by atoms with E-state index >= 15 is 4.39 Å². The number of nitrogens with zero attached hydrogens (tertiary/aromatic N) is 4. The second kappa shape index (κ2) is 16.1. The third-order valence-corrected chi connectivity index (χ3v) is 7.06. The number of anilines is 1. The normalized spacial score (nSPS) is 12.0. The van der Waals surface area contributed by atoms with Crippen LogP contribution in [0.5, 0.6) is 11.5 Å². The van der Waals surface area contributed by atoms with E-state index in [2.05, 4.69) is 22.2 Å². The van der Waals surface area contributed by atoms with Crippen LogP contribution in [-0.2, 0) is 16.1 Å². The minimum atomic E-state index is -0.904. The SMILES string of the molecule is C=C(c1cc(N(Cc2ccc(Oc3ccccc3)cc2)C(=O)[C@H](CC)NC(=O)OC(C)(C)C)c(C)cc1F)N(CSC)N=NC. The highest BCUT2D eigenvalue weighted by molar-refractivity contribution is 7.98. The first kappa shape index (κ1) is 35.1. The number of thioether (sulfide) groups is 1. The molecule has 9 nitrogen and oxygen atoms in total. The molecule has 1 atom stereocenters. The number of hydrogen-bond donors (Lipinski definition) is 1. The number of rotatable bonds is 13. The Morgan fingerprint density at radius 2 is 1.71 bits per heavy atom. The molecule has 3 aromatic rings. The summed E-state index contributed by atoms with van der Waals surface area (Å²) in [6, 6.07) is 18.8. The van der Waals surface area contributed by atoms with Gasteiger partial charge in [0.1, 0.15) is 29.0 Å². The smallest absolute Gasteiger partial charge is 0.408 e. The van der Waals surface area contributed by atoms with E-state index in [0.29, 0.717) is 40.7 Å². The van der Waals surface area contributed by atoms with Crippen molar-refractivity contribution < 1.29 is 23.5 Å². The Labute approximate surface area is 269 Å². The van der Waals surface area contributed by atoms with E-state index in [1.165, 1.54) is 29.9 Å². The fourth-order valence-corrected chi connectivity index (χ4v) is 4.88. The molecule has 0 heterocycles. The summed E-state index contributed by atoms with van der Waals surface area (Å²) in [6.45, 7) is 13.0. The lowest BCUT2D eigenvalue weighted by Crippen LogP contribution is -2.49. The van der Waals surface area contributed by atoms with Gasteiger partial charge < -0.3 is 19.7 Å². The molecular weight excluding hydrogens is 593 g/mol. The van der Waals surface area contributed by atoms with Crippen LogP contribution in [0.4, 0.5) is 14.9 Å². The molecule has 0 saturated carbocycles. The van der Waals surface area contributed by atoms with E-state index in [1.54, 1.807) is 45.6 Å². The quantitative estimate of drug-likeness (QED) is 0.115. The zero-order valence-corrected chi connectivity index (χ0v) is 27.8. The maximum atomic E-state index is 15.4.